The molecule has 0 aliphatic carbocycles. The standard InChI is InChI=1S/C59H96O6/c1-4-7-10-13-16-19-22-25-28-30-32-34-37-40-43-46-49-52-58(61)64-55-56(54-63-57(60)51-48-45-42-39-36-33-27-24-21-18-15-12-9-6-3)65-59(62)53-50-47-44-41-38-35-31-29-26-23-20-17-14-11-8-5-2/h8-9,11-12,16-21,25-26,28-29,35,38,44,47,56H,4-7,10,13-15,22-24,27,30-34,36-37,39-43,45-46,48-55H2,1-3H3/b11-8-,12-9-,19-16-,20-17-,21-18-,28-25-,29-26-,38-35-,47-44-. The molecule has 65 heavy (non-hydrogen) atoms. The van der Waals surface area contributed by atoms with Crippen molar-refractivity contribution < 1.29 is 28.6 Å². The molecule has 0 amide bonds. The lowest BCUT2D eigenvalue weighted by atomic mass is 10.1. The molecule has 1 unspecified atom stereocenters. The maximum Gasteiger partial charge on any atom is 0.306 e. The zero-order chi connectivity index (χ0) is 47.2. The van der Waals surface area contributed by atoms with E-state index in [1.807, 2.05) is 12.2 Å². The van der Waals surface area contributed by atoms with E-state index in [9.17, 15) is 14.4 Å². The van der Waals surface area contributed by atoms with E-state index in [4.69, 9.17) is 14.2 Å². The van der Waals surface area contributed by atoms with Crippen LogP contribution >= 0.6 is 0 Å². The van der Waals surface area contributed by atoms with Crippen LogP contribution in [0.1, 0.15) is 226 Å². The van der Waals surface area contributed by atoms with Crippen molar-refractivity contribution in [3.05, 3.63) is 109 Å². The average Bonchev–Trinajstić information content (AvgIpc) is 3.30. The summed E-state index contributed by atoms with van der Waals surface area (Å²) in [7, 11) is 0. The van der Waals surface area contributed by atoms with Crippen LogP contribution in [0.4, 0.5) is 0 Å². The van der Waals surface area contributed by atoms with Gasteiger partial charge in [-0.2, -0.15) is 0 Å². The minimum Gasteiger partial charge on any atom is -0.462 e. The van der Waals surface area contributed by atoms with Crippen molar-refractivity contribution >= 4 is 17.9 Å². The zero-order valence-electron chi connectivity index (χ0n) is 42.0. The van der Waals surface area contributed by atoms with Crippen LogP contribution in [0.15, 0.2) is 109 Å². The van der Waals surface area contributed by atoms with Crippen molar-refractivity contribution in [3.63, 3.8) is 0 Å². The first-order valence-electron chi connectivity index (χ1n) is 26.4. The molecule has 0 rings (SSSR count). The molecule has 0 fully saturated rings. The monoisotopic (exact) mass is 901 g/mol. The highest BCUT2D eigenvalue weighted by atomic mass is 16.6. The Bertz CT molecular complexity index is 1360. The second-order valence-corrected chi connectivity index (χ2v) is 17.0. The molecule has 0 heterocycles. The van der Waals surface area contributed by atoms with E-state index in [1.165, 1.54) is 77.0 Å². The highest BCUT2D eigenvalue weighted by Gasteiger charge is 2.19. The maximum absolute atomic E-state index is 12.8. The normalized spacial score (nSPS) is 13.0. The third-order valence-electron chi connectivity index (χ3n) is 10.8. The van der Waals surface area contributed by atoms with Crippen molar-refractivity contribution in [2.75, 3.05) is 13.2 Å². The summed E-state index contributed by atoms with van der Waals surface area (Å²) in [5.41, 5.74) is 0. The number of esters is 3. The van der Waals surface area contributed by atoms with Gasteiger partial charge in [0.2, 0.25) is 0 Å². The fourth-order valence-corrected chi connectivity index (χ4v) is 6.85. The van der Waals surface area contributed by atoms with E-state index in [0.717, 1.165) is 103 Å². The number of unbranched alkanes of at least 4 members (excludes halogenated alkanes) is 17. The molecule has 0 aromatic rings. The highest BCUT2D eigenvalue weighted by Crippen LogP contribution is 2.13. The maximum atomic E-state index is 12.8. The second kappa shape index (κ2) is 52.7. The smallest absolute Gasteiger partial charge is 0.306 e. The number of carbonyl (C=O) groups excluding carboxylic acids is 3. The van der Waals surface area contributed by atoms with Crippen LogP contribution in [0.25, 0.3) is 0 Å². The lowest BCUT2D eigenvalue weighted by molar-refractivity contribution is -0.166. The summed E-state index contributed by atoms with van der Waals surface area (Å²) in [5, 5.41) is 0. The number of rotatable bonds is 46. The lowest BCUT2D eigenvalue weighted by Crippen LogP contribution is -2.30. The Morgan fingerprint density at radius 2 is 0.631 bits per heavy atom. The summed E-state index contributed by atoms with van der Waals surface area (Å²) in [4.78, 5) is 38.0. The minimum absolute atomic E-state index is 0.116. The third kappa shape index (κ3) is 50.9. The first-order chi connectivity index (χ1) is 32.0. The molecule has 368 valence electrons. The average molecular weight is 901 g/mol. The molecule has 0 saturated heterocycles. The molecule has 1 atom stereocenters. The summed E-state index contributed by atoms with van der Waals surface area (Å²) in [6, 6.07) is 0. The van der Waals surface area contributed by atoms with Crippen LogP contribution in [0.3, 0.4) is 0 Å². The molecule has 0 N–H and O–H groups in total. The van der Waals surface area contributed by atoms with Crippen LogP contribution in [0.2, 0.25) is 0 Å². The van der Waals surface area contributed by atoms with Gasteiger partial charge < -0.3 is 14.2 Å². The molecular formula is C59H96O6. The Morgan fingerprint density at radius 1 is 0.323 bits per heavy atom. The number of hydrogen-bond acceptors (Lipinski definition) is 6. The fourth-order valence-electron chi connectivity index (χ4n) is 6.85. The predicted octanol–water partition coefficient (Wildman–Crippen LogP) is 17.5. The van der Waals surface area contributed by atoms with Gasteiger partial charge in [-0.3, -0.25) is 14.4 Å². The fraction of sp³-hybridized carbons (Fsp3) is 0.644. The van der Waals surface area contributed by atoms with Crippen LogP contribution in [0.5, 0.6) is 0 Å². The number of carbonyl (C=O) groups is 3. The van der Waals surface area contributed by atoms with Gasteiger partial charge >= 0.3 is 17.9 Å². The van der Waals surface area contributed by atoms with E-state index in [2.05, 4.69) is 118 Å². The zero-order valence-corrected chi connectivity index (χ0v) is 42.0. The van der Waals surface area contributed by atoms with E-state index < -0.39 is 12.1 Å². The Labute approximate surface area is 400 Å². The Kier molecular flexibility index (Phi) is 49.5. The van der Waals surface area contributed by atoms with Gasteiger partial charge in [0.05, 0.1) is 0 Å². The third-order valence-corrected chi connectivity index (χ3v) is 10.8. The van der Waals surface area contributed by atoms with Crippen LogP contribution < -0.4 is 0 Å². The van der Waals surface area contributed by atoms with Crippen LogP contribution in [-0.4, -0.2) is 37.2 Å². The van der Waals surface area contributed by atoms with Gasteiger partial charge in [0.25, 0.3) is 0 Å². The first kappa shape index (κ1) is 61.1. The topological polar surface area (TPSA) is 78.9 Å². The second-order valence-electron chi connectivity index (χ2n) is 17.0. The molecule has 0 spiro atoms. The highest BCUT2D eigenvalue weighted by molar-refractivity contribution is 5.71. The van der Waals surface area contributed by atoms with Gasteiger partial charge in [0, 0.05) is 19.3 Å². The van der Waals surface area contributed by atoms with E-state index in [0.29, 0.717) is 19.3 Å². The van der Waals surface area contributed by atoms with Crippen molar-refractivity contribution in [1.82, 2.24) is 0 Å². The van der Waals surface area contributed by atoms with Crippen molar-refractivity contribution in [2.24, 2.45) is 0 Å². The molecule has 0 aromatic heterocycles. The van der Waals surface area contributed by atoms with E-state index in [-0.39, 0.29) is 31.6 Å². The molecule has 0 aliphatic rings. The van der Waals surface area contributed by atoms with Crippen LogP contribution in [-0.2, 0) is 28.6 Å². The summed E-state index contributed by atoms with van der Waals surface area (Å²) in [6.45, 7) is 6.31. The van der Waals surface area contributed by atoms with Gasteiger partial charge in [-0.05, 0) is 109 Å². The lowest BCUT2D eigenvalue weighted by Gasteiger charge is -2.18. The summed E-state index contributed by atoms with van der Waals surface area (Å²) >= 11 is 0. The van der Waals surface area contributed by atoms with Gasteiger partial charge in [-0.25, -0.2) is 0 Å². The quantitative estimate of drug-likeness (QED) is 0.0262. The predicted molar refractivity (Wildman–Crippen MR) is 279 cm³/mol. The van der Waals surface area contributed by atoms with Gasteiger partial charge in [0.15, 0.2) is 6.10 Å². The molecule has 0 bridgehead atoms. The molecule has 0 aromatic carbocycles. The SMILES string of the molecule is CC/C=C\C/C=C\C/C=C\C/C=C\C/C=C\CCC(=O)OC(COC(=O)CCCCCCCCC/C=C\C/C=C\CC)COC(=O)CCCCCCCCC/C=C\C/C=C\CCCCC. The Morgan fingerprint density at radius 3 is 1.00 bits per heavy atom. The number of ether oxygens (including phenoxy) is 3. The van der Waals surface area contributed by atoms with E-state index >= 15 is 0 Å². The van der Waals surface area contributed by atoms with Gasteiger partial charge in [-0.15, -0.1) is 0 Å². The Hall–Kier alpha value is -3.93. The Balaban J connectivity index is 4.52. The van der Waals surface area contributed by atoms with Crippen molar-refractivity contribution in [2.45, 2.75) is 232 Å². The molecule has 0 aliphatic heterocycles. The van der Waals surface area contributed by atoms with Crippen molar-refractivity contribution in [1.29, 1.82) is 0 Å². The molecule has 0 saturated carbocycles. The molecular weight excluding hydrogens is 805 g/mol. The summed E-state index contributed by atoms with van der Waals surface area (Å²) < 4.78 is 16.7. The largest absolute Gasteiger partial charge is 0.462 e. The molecule has 6 nitrogen and oxygen atoms in total. The van der Waals surface area contributed by atoms with Crippen LogP contribution in [0, 0.1) is 0 Å². The minimum atomic E-state index is -0.826. The molecule has 6 heteroatoms. The summed E-state index contributed by atoms with van der Waals surface area (Å²) in [5.74, 6) is -1.02. The molecule has 0 radical (unpaired) electrons. The number of hydrogen-bond donors (Lipinski definition) is 0. The van der Waals surface area contributed by atoms with Gasteiger partial charge in [0.1, 0.15) is 13.2 Å². The first-order valence-corrected chi connectivity index (χ1v) is 26.4. The van der Waals surface area contributed by atoms with Gasteiger partial charge in [-0.1, -0.05) is 207 Å². The summed E-state index contributed by atoms with van der Waals surface area (Å²) in [6.07, 6.45) is 70.8. The van der Waals surface area contributed by atoms with E-state index in [1.54, 1.807) is 0 Å². The number of allylic oxidation sites excluding steroid dienone is 18. The van der Waals surface area contributed by atoms with Crippen molar-refractivity contribution in [3.8, 4) is 0 Å².